The van der Waals surface area contributed by atoms with E-state index in [-0.39, 0.29) is 4.90 Å². The molecule has 0 atom stereocenters. The highest BCUT2D eigenvalue weighted by atomic mass is 32.2. The van der Waals surface area contributed by atoms with Gasteiger partial charge < -0.3 is 15.1 Å². The Morgan fingerprint density at radius 1 is 1.07 bits per heavy atom. The van der Waals surface area contributed by atoms with Gasteiger partial charge in [0.15, 0.2) is 15.4 Å². The number of H-pyrrole nitrogens is 1. The molecule has 0 aliphatic rings. The van der Waals surface area contributed by atoms with Gasteiger partial charge in [0.1, 0.15) is 5.82 Å². The van der Waals surface area contributed by atoms with Crippen molar-refractivity contribution < 1.29 is 12.8 Å². The molecule has 148 valence electrons. The summed E-state index contributed by atoms with van der Waals surface area (Å²) in [4.78, 5) is 22.8. The van der Waals surface area contributed by atoms with Crippen molar-refractivity contribution in [3.05, 3.63) is 64.8 Å². The molecule has 0 amide bonds. The van der Waals surface area contributed by atoms with Crippen molar-refractivity contribution in [1.29, 1.82) is 0 Å². The third kappa shape index (κ3) is 4.11. The number of aromatic nitrogens is 3. The van der Waals surface area contributed by atoms with Crippen molar-refractivity contribution in [3.63, 3.8) is 0 Å². The van der Waals surface area contributed by atoms with E-state index < -0.39 is 15.6 Å². The summed E-state index contributed by atoms with van der Waals surface area (Å²) in [6, 6.07) is 11.6. The molecule has 2 aromatic carbocycles. The molecular weight excluding hydrogens is 394 g/mol. The fourth-order valence-electron chi connectivity index (χ4n) is 2.72. The van der Waals surface area contributed by atoms with Gasteiger partial charge in [0.2, 0.25) is 5.95 Å². The van der Waals surface area contributed by atoms with E-state index in [0.717, 1.165) is 11.8 Å². The van der Waals surface area contributed by atoms with Crippen LogP contribution in [0.15, 0.2) is 62.8 Å². The van der Waals surface area contributed by atoms with Crippen LogP contribution in [0.1, 0.15) is 5.56 Å². The molecule has 0 saturated heterocycles. The van der Waals surface area contributed by atoms with Crippen molar-refractivity contribution in [2.24, 2.45) is 0 Å². The number of nitrogens with zero attached hydrogens (tertiary/aromatic N) is 2. The van der Waals surface area contributed by atoms with Gasteiger partial charge in [0.25, 0.3) is 0 Å². The molecule has 0 unspecified atom stereocenters. The quantitative estimate of drug-likeness (QED) is 0.457. The Kier molecular flexibility index (Phi) is 4.55. The maximum absolute atomic E-state index is 11.7. The van der Waals surface area contributed by atoms with Crippen LogP contribution in [0.25, 0.3) is 11.1 Å². The summed E-state index contributed by atoms with van der Waals surface area (Å²) in [5.74, 6) is 0.343. The van der Waals surface area contributed by atoms with E-state index in [1.54, 1.807) is 36.5 Å². The highest BCUT2D eigenvalue weighted by molar-refractivity contribution is 7.90. The molecule has 0 saturated carbocycles. The molecule has 0 fully saturated rings. The van der Waals surface area contributed by atoms with Gasteiger partial charge in [-0.15, -0.1) is 0 Å². The average Bonchev–Trinajstić information content (AvgIpc) is 3.03. The lowest BCUT2D eigenvalue weighted by Crippen LogP contribution is -2.03. The largest absolute Gasteiger partial charge is 0.417 e. The lowest BCUT2D eigenvalue weighted by atomic mass is 10.2. The van der Waals surface area contributed by atoms with E-state index in [1.165, 1.54) is 12.1 Å². The van der Waals surface area contributed by atoms with Gasteiger partial charge in [-0.1, -0.05) is 6.07 Å². The van der Waals surface area contributed by atoms with Crippen molar-refractivity contribution in [2.45, 2.75) is 11.8 Å². The molecular formula is C19H17N5O4S. The molecule has 3 N–H and O–H groups in total. The zero-order valence-corrected chi connectivity index (χ0v) is 16.4. The van der Waals surface area contributed by atoms with Gasteiger partial charge in [0, 0.05) is 35.5 Å². The minimum absolute atomic E-state index is 0.203. The standard InChI is InChI=1S/C19H17N5O4S/c1-11-10-20-18(22-12-4-3-5-14(8-12)29(2,26)27)24-17(11)21-13-6-7-15-16(9-13)28-19(25)23-15/h3-10H,1-2H3,(H,23,25)(H2,20,21,22,24). The Labute approximate surface area is 165 Å². The molecule has 2 heterocycles. The number of benzene rings is 2. The lowest BCUT2D eigenvalue weighted by Gasteiger charge is -2.11. The average molecular weight is 411 g/mol. The first-order valence-corrected chi connectivity index (χ1v) is 10.5. The monoisotopic (exact) mass is 411 g/mol. The number of nitrogens with one attached hydrogen (secondary N) is 3. The maximum Gasteiger partial charge on any atom is 0.417 e. The third-order valence-electron chi connectivity index (χ3n) is 4.17. The summed E-state index contributed by atoms with van der Waals surface area (Å²) < 4.78 is 28.5. The van der Waals surface area contributed by atoms with E-state index in [1.807, 2.05) is 6.92 Å². The van der Waals surface area contributed by atoms with Crippen molar-refractivity contribution in [3.8, 4) is 0 Å². The molecule has 2 aromatic heterocycles. The van der Waals surface area contributed by atoms with Crippen molar-refractivity contribution >= 4 is 44.1 Å². The Balaban J connectivity index is 1.61. The smallest absolute Gasteiger partial charge is 0.408 e. The molecule has 4 aromatic rings. The molecule has 0 radical (unpaired) electrons. The molecule has 10 heteroatoms. The number of sulfone groups is 1. The molecule has 0 aliphatic carbocycles. The fourth-order valence-corrected chi connectivity index (χ4v) is 3.39. The first-order valence-electron chi connectivity index (χ1n) is 8.59. The van der Waals surface area contributed by atoms with Gasteiger partial charge in [-0.25, -0.2) is 18.2 Å². The van der Waals surface area contributed by atoms with Crippen LogP contribution in [0.3, 0.4) is 0 Å². The highest BCUT2D eigenvalue weighted by Gasteiger charge is 2.10. The van der Waals surface area contributed by atoms with Crippen LogP contribution < -0.4 is 16.4 Å². The molecule has 0 spiro atoms. The zero-order valence-electron chi connectivity index (χ0n) is 15.6. The van der Waals surface area contributed by atoms with Gasteiger partial charge in [-0.05, 0) is 37.3 Å². The first kappa shape index (κ1) is 18.7. The van der Waals surface area contributed by atoms with Crippen LogP contribution in [-0.4, -0.2) is 29.6 Å². The second-order valence-electron chi connectivity index (χ2n) is 6.50. The predicted molar refractivity (Wildman–Crippen MR) is 110 cm³/mol. The molecule has 9 nitrogen and oxygen atoms in total. The minimum atomic E-state index is -3.32. The Morgan fingerprint density at radius 2 is 1.86 bits per heavy atom. The number of fused-ring (bicyclic) bond motifs is 1. The lowest BCUT2D eigenvalue weighted by molar-refractivity contribution is 0.555. The maximum atomic E-state index is 11.7. The normalized spacial score (nSPS) is 11.5. The Morgan fingerprint density at radius 3 is 2.66 bits per heavy atom. The van der Waals surface area contributed by atoms with Crippen LogP contribution in [0, 0.1) is 6.92 Å². The number of oxazole rings is 1. The number of hydrogen-bond donors (Lipinski definition) is 3. The number of aromatic amines is 1. The third-order valence-corrected chi connectivity index (χ3v) is 5.28. The van der Waals surface area contributed by atoms with Gasteiger partial charge in [-0.3, -0.25) is 4.98 Å². The molecule has 0 bridgehead atoms. The van der Waals surface area contributed by atoms with Crippen LogP contribution in [0.5, 0.6) is 0 Å². The number of aryl methyl sites for hydroxylation is 1. The van der Waals surface area contributed by atoms with Gasteiger partial charge in [-0.2, -0.15) is 4.98 Å². The summed E-state index contributed by atoms with van der Waals surface area (Å²) in [6.07, 6.45) is 2.80. The van der Waals surface area contributed by atoms with E-state index in [0.29, 0.717) is 34.2 Å². The highest BCUT2D eigenvalue weighted by Crippen LogP contribution is 2.24. The van der Waals surface area contributed by atoms with Crippen LogP contribution in [-0.2, 0) is 9.84 Å². The second kappa shape index (κ2) is 7.06. The van der Waals surface area contributed by atoms with E-state index in [9.17, 15) is 13.2 Å². The van der Waals surface area contributed by atoms with Gasteiger partial charge >= 0.3 is 5.76 Å². The summed E-state index contributed by atoms with van der Waals surface area (Å²) >= 11 is 0. The Hall–Kier alpha value is -3.66. The van der Waals surface area contributed by atoms with E-state index in [2.05, 4.69) is 25.6 Å². The van der Waals surface area contributed by atoms with Crippen molar-refractivity contribution in [2.75, 3.05) is 16.9 Å². The predicted octanol–water partition coefficient (Wildman–Crippen LogP) is 3.11. The fraction of sp³-hybridized carbons (Fsp3) is 0.105. The number of anilines is 4. The molecule has 29 heavy (non-hydrogen) atoms. The van der Waals surface area contributed by atoms with Crippen LogP contribution >= 0.6 is 0 Å². The summed E-state index contributed by atoms with van der Waals surface area (Å²) in [5.41, 5.74) is 3.08. The number of hydrogen-bond acceptors (Lipinski definition) is 8. The summed E-state index contributed by atoms with van der Waals surface area (Å²) in [6.45, 7) is 1.85. The molecule has 0 aliphatic heterocycles. The Bertz CT molecular complexity index is 1370. The minimum Gasteiger partial charge on any atom is -0.408 e. The second-order valence-corrected chi connectivity index (χ2v) is 8.52. The molecule has 4 rings (SSSR count). The SMILES string of the molecule is Cc1cnc(Nc2cccc(S(C)(=O)=O)c2)nc1Nc1ccc2[nH]c(=O)oc2c1. The van der Waals surface area contributed by atoms with E-state index >= 15 is 0 Å². The summed E-state index contributed by atoms with van der Waals surface area (Å²) in [7, 11) is -3.32. The first-order chi connectivity index (χ1) is 13.8. The summed E-state index contributed by atoms with van der Waals surface area (Å²) in [5, 5.41) is 6.18. The zero-order chi connectivity index (χ0) is 20.6. The number of rotatable bonds is 5. The van der Waals surface area contributed by atoms with Crippen LogP contribution in [0.2, 0.25) is 0 Å². The van der Waals surface area contributed by atoms with Gasteiger partial charge in [0.05, 0.1) is 10.4 Å². The van der Waals surface area contributed by atoms with E-state index in [4.69, 9.17) is 4.42 Å². The van der Waals surface area contributed by atoms with Crippen LogP contribution in [0.4, 0.5) is 23.1 Å². The topological polar surface area (TPSA) is 130 Å². The van der Waals surface area contributed by atoms with Crippen molar-refractivity contribution in [1.82, 2.24) is 15.0 Å².